The molecule has 1 aliphatic heterocycles. The Morgan fingerprint density at radius 2 is 1.90 bits per heavy atom. The van der Waals surface area contributed by atoms with Gasteiger partial charge in [-0.1, -0.05) is 0 Å². The number of halogens is 3. The fourth-order valence-corrected chi connectivity index (χ4v) is 2.41. The van der Waals surface area contributed by atoms with Gasteiger partial charge in [-0.3, -0.25) is 0 Å². The van der Waals surface area contributed by atoms with Crippen LogP contribution in [0.25, 0.3) is 5.65 Å². The maximum atomic E-state index is 12.7. The minimum absolute atomic E-state index is 0.0763. The molecule has 1 fully saturated rings. The predicted octanol–water partition coefficient (Wildman–Crippen LogP) is 1.65. The summed E-state index contributed by atoms with van der Waals surface area (Å²) >= 11 is 0. The van der Waals surface area contributed by atoms with Crippen LogP contribution >= 0.6 is 0 Å². The van der Waals surface area contributed by atoms with Crippen molar-refractivity contribution < 1.29 is 13.2 Å². The van der Waals surface area contributed by atoms with Crippen LogP contribution < -0.4 is 5.32 Å². The fourth-order valence-electron chi connectivity index (χ4n) is 2.41. The highest BCUT2D eigenvalue weighted by molar-refractivity contribution is 5.44. The quantitative estimate of drug-likeness (QED) is 0.930. The van der Waals surface area contributed by atoms with Gasteiger partial charge in [-0.2, -0.15) is 17.7 Å². The third kappa shape index (κ3) is 3.07. The molecule has 2 aromatic rings. The van der Waals surface area contributed by atoms with Crippen molar-refractivity contribution in [3.05, 3.63) is 18.0 Å². The van der Waals surface area contributed by atoms with Crippen LogP contribution in [-0.4, -0.2) is 50.9 Å². The van der Waals surface area contributed by atoms with Crippen molar-refractivity contribution in [2.75, 3.05) is 31.5 Å². The third-order valence-electron chi connectivity index (χ3n) is 3.45. The molecule has 2 aromatic heterocycles. The summed E-state index contributed by atoms with van der Waals surface area (Å²) in [4.78, 5) is 2.31. The lowest BCUT2D eigenvalue weighted by molar-refractivity contribution is -0.146. The average molecular weight is 300 g/mol. The van der Waals surface area contributed by atoms with Gasteiger partial charge in [0.2, 0.25) is 0 Å². The normalized spacial score (nSPS) is 16.7. The topological polar surface area (TPSA) is 58.4 Å². The van der Waals surface area contributed by atoms with E-state index in [1.165, 1.54) is 18.9 Å². The summed E-state index contributed by atoms with van der Waals surface area (Å²) in [5.74, 6) is -0.729. The second kappa shape index (κ2) is 5.47. The molecule has 0 saturated carbocycles. The maximum absolute atomic E-state index is 12.7. The molecule has 0 amide bonds. The Kier molecular flexibility index (Phi) is 3.66. The number of likely N-dealkylation sites (tertiary alicyclic amines) is 1. The lowest BCUT2D eigenvalue weighted by atomic mass is 10.4. The molecule has 0 bridgehead atoms. The average Bonchev–Trinajstić information content (AvgIpc) is 3.05. The second-order valence-corrected chi connectivity index (χ2v) is 4.99. The summed E-state index contributed by atoms with van der Waals surface area (Å²) in [5, 5.41) is 13.5. The monoisotopic (exact) mass is 300 g/mol. The van der Waals surface area contributed by atoms with E-state index in [0.717, 1.165) is 24.1 Å². The molecule has 21 heavy (non-hydrogen) atoms. The Labute approximate surface area is 119 Å². The van der Waals surface area contributed by atoms with Crippen molar-refractivity contribution in [3.8, 4) is 0 Å². The first kappa shape index (κ1) is 14.1. The Hall–Kier alpha value is -1.90. The molecule has 0 radical (unpaired) electrons. The molecule has 1 N–H and O–H groups in total. The van der Waals surface area contributed by atoms with Crippen LogP contribution in [0.4, 0.5) is 19.0 Å². The third-order valence-corrected chi connectivity index (χ3v) is 3.45. The largest absolute Gasteiger partial charge is 0.453 e. The number of hydrogen-bond donors (Lipinski definition) is 1. The van der Waals surface area contributed by atoms with Crippen molar-refractivity contribution in [2.24, 2.45) is 0 Å². The predicted molar refractivity (Wildman–Crippen MR) is 69.9 cm³/mol. The molecule has 1 aliphatic rings. The van der Waals surface area contributed by atoms with Crippen LogP contribution in [0.15, 0.2) is 12.1 Å². The number of hydrogen-bond acceptors (Lipinski definition) is 5. The van der Waals surface area contributed by atoms with E-state index >= 15 is 0 Å². The number of nitrogens with one attached hydrogen (secondary N) is 1. The summed E-state index contributed by atoms with van der Waals surface area (Å²) in [6, 6.07) is 3.07. The number of anilines is 1. The van der Waals surface area contributed by atoms with Gasteiger partial charge in [-0.05, 0) is 38.1 Å². The van der Waals surface area contributed by atoms with E-state index in [4.69, 9.17) is 0 Å². The van der Waals surface area contributed by atoms with Gasteiger partial charge in [-0.15, -0.1) is 15.3 Å². The summed E-state index contributed by atoms with van der Waals surface area (Å²) in [5.41, 5.74) is 0.0763. The molecule has 0 atom stereocenters. The van der Waals surface area contributed by atoms with Crippen molar-refractivity contribution in [1.29, 1.82) is 0 Å². The van der Waals surface area contributed by atoms with Gasteiger partial charge in [0, 0.05) is 13.1 Å². The molecule has 0 aromatic carbocycles. The standard InChI is InChI=1S/C12H15F3N6/c13-12(14,15)11-18-17-10-4-3-9(19-21(10)11)16-5-8-20-6-1-2-7-20/h3-4H,1-2,5-8H2,(H,16,19). The number of aromatic nitrogens is 4. The van der Waals surface area contributed by atoms with Gasteiger partial charge in [-0.25, -0.2) is 0 Å². The zero-order valence-corrected chi connectivity index (χ0v) is 11.3. The molecular formula is C12H15F3N6. The molecular weight excluding hydrogens is 285 g/mol. The van der Waals surface area contributed by atoms with Gasteiger partial charge in [0.15, 0.2) is 5.65 Å². The van der Waals surface area contributed by atoms with Gasteiger partial charge in [0.05, 0.1) is 0 Å². The lowest BCUT2D eigenvalue weighted by Crippen LogP contribution is -2.26. The van der Waals surface area contributed by atoms with E-state index < -0.39 is 12.0 Å². The van der Waals surface area contributed by atoms with E-state index in [1.54, 1.807) is 6.07 Å². The minimum atomic E-state index is -4.57. The van der Waals surface area contributed by atoms with Crippen LogP contribution in [-0.2, 0) is 6.18 Å². The molecule has 3 rings (SSSR count). The number of rotatable bonds is 4. The fraction of sp³-hybridized carbons (Fsp3) is 0.583. The van der Waals surface area contributed by atoms with E-state index in [0.29, 0.717) is 12.4 Å². The number of nitrogens with zero attached hydrogens (tertiary/aromatic N) is 5. The van der Waals surface area contributed by atoms with Gasteiger partial charge >= 0.3 is 6.18 Å². The molecule has 1 saturated heterocycles. The van der Waals surface area contributed by atoms with Crippen LogP contribution in [0.3, 0.4) is 0 Å². The highest BCUT2D eigenvalue weighted by atomic mass is 19.4. The smallest absolute Gasteiger partial charge is 0.367 e. The van der Waals surface area contributed by atoms with E-state index in [9.17, 15) is 13.2 Å². The van der Waals surface area contributed by atoms with E-state index in [1.807, 2.05) is 0 Å². The Morgan fingerprint density at radius 3 is 2.62 bits per heavy atom. The highest BCUT2D eigenvalue weighted by Crippen LogP contribution is 2.27. The Morgan fingerprint density at radius 1 is 1.14 bits per heavy atom. The summed E-state index contributed by atoms with van der Waals surface area (Å²) < 4.78 is 39.0. The van der Waals surface area contributed by atoms with E-state index in [2.05, 4.69) is 25.5 Å². The summed E-state index contributed by atoms with van der Waals surface area (Å²) in [7, 11) is 0. The molecule has 3 heterocycles. The summed E-state index contributed by atoms with van der Waals surface area (Å²) in [6.45, 7) is 3.66. The van der Waals surface area contributed by atoms with Gasteiger partial charge in [0.25, 0.3) is 5.82 Å². The van der Waals surface area contributed by atoms with Crippen molar-refractivity contribution >= 4 is 11.5 Å². The Balaban J connectivity index is 1.70. The van der Waals surface area contributed by atoms with Crippen LogP contribution in [0, 0.1) is 0 Å². The first-order valence-electron chi connectivity index (χ1n) is 6.80. The molecule has 6 nitrogen and oxygen atoms in total. The van der Waals surface area contributed by atoms with Crippen LogP contribution in [0.2, 0.25) is 0 Å². The zero-order valence-electron chi connectivity index (χ0n) is 11.3. The molecule has 9 heteroatoms. The first-order valence-corrected chi connectivity index (χ1v) is 6.80. The lowest BCUT2D eigenvalue weighted by Gasteiger charge is -2.15. The number of fused-ring (bicyclic) bond motifs is 1. The van der Waals surface area contributed by atoms with Gasteiger partial charge in [0.1, 0.15) is 5.82 Å². The maximum Gasteiger partial charge on any atom is 0.453 e. The highest BCUT2D eigenvalue weighted by Gasteiger charge is 2.37. The summed E-state index contributed by atoms with van der Waals surface area (Å²) in [6.07, 6.45) is -2.15. The second-order valence-electron chi connectivity index (χ2n) is 4.99. The van der Waals surface area contributed by atoms with Crippen molar-refractivity contribution in [3.63, 3.8) is 0 Å². The minimum Gasteiger partial charge on any atom is -0.367 e. The van der Waals surface area contributed by atoms with E-state index in [-0.39, 0.29) is 5.65 Å². The zero-order chi connectivity index (χ0) is 14.9. The first-order chi connectivity index (χ1) is 10.0. The van der Waals surface area contributed by atoms with Gasteiger partial charge < -0.3 is 10.2 Å². The molecule has 114 valence electrons. The Bertz CT molecular complexity index is 617. The number of alkyl halides is 3. The van der Waals surface area contributed by atoms with Crippen LogP contribution in [0.5, 0.6) is 0 Å². The van der Waals surface area contributed by atoms with Crippen molar-refractivity contribution in [1.82, 2.24) is 24.7 Å². The molecule has 0 aliphatic carbocycles. The van der Waals surface area contributed by atoms with Crippen molar-refractivity contribution in [2.45, 2.75) is 19.0 Å². The molecule has 0 unspecified atom stereocenters. The molecule has 0 spiro atoms. The van der Waals surface area contributed by atoms with Crippen LogP contribution in [0.1, 0.15) is 18.7 Å². The SMILES string of the molecule is FC(F)(F)c1nnc2ccc(NCCN3CCCC3)nn12.